The summed E-state index contributed by atoms with van der Waals surface area (Å²) in [4.78, 5) is 11.9. The third-order valence-corrected chi connectivity index (χ3v) is 3.81. The summed E-state index contributed by atoms with van der Waals surface area (Å²) in [5.74, 6) is 0. The van der Waals surface area contributed by atoms with Crippen molar-refractivity contribution in [2.45, 2.75) is 18.7 Å². The maximum Gasteiger partial charge on any atom is 0.323 e. The molecule has 7 heteroatoms. The molecule has 22 heavy (non-hydrogen) atoms. The highest BCUT2D eigenvalue weighted by molar-refractivity contribution is 7.89. The fourth-order valence-electron chi connectivity index (χ4n) is 2.09. The van der Waals surface area contributed by atoms with Gasteiger partial charge in [0.25, 0.3) is 0 Å². The van der Waals surface area contributed by atoms with Crippen LogP contribution in [-0.2, 0) is 10.0 Å². The summed E-state index contributed by atoms with van der Waals surface area (Å²) in [6.45, 7) is 3.87. The van der Waals surface area contributed by atoms with Crippen LogP contribution in [0, 0.1) is 13.8 Å². The molecule has 6 nitrogen and oxygen atoms in total. The number of amides is 2. The highest BCUT2D eigenvalue weighted by atomic mass is 32.2. The molecule has 0 saturated heterocycles. The Morgan fingerprint density at radius 3 is 2.14 bits per heavy atom. The largest absolute Gasteiger partial charge is 0.323 e. The van der Waals surface area contributed by atoms with E-state index in [1.165, 1.54) is 18.2 Å². The van der Waals surface area contributed by atoms with Gasteiger partial charge in [0.2, 0.25) is 10.0 Å². The second-order valence-electron chi connectivity index (χ2n) is 5.03. The Balaban J connectivity index is 2.12. The number of aryl methyl sites for hydroxylation is 2. The quantitative estimate of drug-likeness (QED) is 0.810. The first-order valence-corrected chi connectivity index (χ1v) is 8.08. The molecule has 0 atom stereocenters. The number of nitrogens with two attached hydrogens (primary N) is 1. The van der Waals surface area contributed by atoms with Crippen molar-refractivity contribution in [2.75, 3.05) is 10.6 Å². The molecule has 0 heterocycles. The van der Waals surface area contributed by atoms with E-state index in [0.717, 1.165) is 11.1 Å². The lowest BCUT2D eigenvalue weighted by Gasteiger charge is -2.10. The maximum absolute atomic E-state index is 12.0. The van der Waals surface area contributed by atoms with E-state index in [1.54, 1.807) is 6.07 Å². The number of urea groups is 1. The molecular weight excluding hydrogens is 302 g/mol. The van der Waals surface area contributed by atoms with Gasteiger partial charge in [-0.1, -0.05) is 12.1 Å². The molecule has 0 bridgehead atoms. The summed E-state index contributed by atoms with van der Waals surface area (Å²) >= 11 is 0. The molecule has 0 aromatic heterocycles. The van der Waals surface area contributed by atoms with Crippen LogP contribution in [0.3, 0.4) is 0 Å². The molecule has 2 rings (SSSR count). The van der Waals surface area contributed by atoms with Gasteiger partial charge in [0.05, 0.1) is 4.90 Å². The van der Waals surface area contributed by atoms with Gasteiger partial charge in [-0.3, -0.25) is 0 Å². The maximum atomic E-state index is 12.0. The zero-order chi connectivity index (χ0) is 16.3. The van der Waals surface area contributed by atoms with Crippen LogP contribution in [0.1, 0.15) is 11.1 Å². The molecule has 0 radical (unpaired) electrons. The number of benzene rings is 2. The number of sulfonamides is 1. The number of nitrogens with one attached hydrogen (secondary N) is 2. The van der Waals surface area contributed by atoms with Gasteiger partial charge in [-0.05, 0) is 55.3 Å². The van der Waals surface area contributed by atoms with Gasteiger partial charge in [-0.15, -0.1) is 0 Å². The van der Waals surface area contributed by atoms with Crippen molar-refractivity contribution >= 4 is 27.4 Å². The fraction of sp³-hybridized carbons (Fsp3) is 0.133. The smallest absolute Gasteiger partial charge is 0.308 e. The Hall–Kier alpha value is -2.38. The summed E-state index contributed by atoms with van der Waals surface area (Å²) in [6, 6.07) is 11.0. The lowest BCUT2D eigenvalue weighted by atomic mass is 10.1. The number of hydrogen-bond acceptors (Lipinski definition) is 3. The van der Waals surface area contributed by atoms with Gasteiger partial charge >= 0.3 is 6.03 Å². The molecular formula is C15H17N3O3S. The second-order valence-corrected chi connectivity index (χ2v) is 6.59. The Kier molecular flexibility index (Phi) is 4.48. The van der Waals surface area contributed by atoms with Gasteiger partial charge in [0.1, 0.15) is 0 Å². The standard InChI is InChI=1S/C15H17N3O3S/c1-10-6-11(2)8-13(7-10)18-15(19)17-12-4-3-5-14(9-12)22(16,20)21/h3-9H,1-2H3,(H2,16,20,21)(H2,17,18,19). The lowest BCUT2D eigenvalue weighted by Crippen LogP contribution is -2.20. The minimum atomic E-state index is -3.80. The van der Waals surface area contributed by atoms with E-state index in [2.05, 4.69) is 10.6 Å². The minimum absolute atomic E-state index is 0.0586. The van der Waals surface area contributed by atoms with Crippen molar-refractivity contribution in [1.82, 2.24) is 0 Å². The van der Waals surface area contributed by atoms with Crippen LogP contribution in [0.2, 0.25) is 0 Å². The molecule has 4 N–H and O–H groups in total. The SMILES string of the molecule is Cc1cc(C)cc(NC(=O)Nc2cccc(S(N)(=O)=O)c2)c1. The zero-order valence-electron chi connectivity index (χ0n) is 12.3. The van der Waals surface area contributed by atoms with E-state index in [1.807, 2.05) is 32.0 Å². The molecule has 2 aromatic carbocycles. The molecule has 0 fully saturated rings. The zero-order valence-corrected chi connectivity index (χ0v) is 13.1. The van der Waals surface area contributed by atoms with Crippen molar-refractivity contribution in [3.63, 3.8) is 0 Å². The number of primary sulfonamides is 1. The number of rotatable bonds is 3. The lowest BCUT2D eigenvalue weighted by molar-refractivity contribution is 0.262. The highest BCUT2D eigenvalue weighted by Crippen LogP contribution is 2.16. The van der Waals surface area contributed by atoms with Gasteiger partial charge in [0.15, 0.2) is 0 Å². The van der Waals surface area contributed by atoms with E-state index < -0.39 is 16.1 Å². The molecule has 0 saturated carbocycles. The van der Waals surface area contributed by atoms with Crippen molar-refractivity contribution in [3.05, 3.63) is 53.6 Å². The van der Waals surface area contributed by atoms with E-state index in [4.69, 9.17) is 5.14 Å². The highest BCUT2D eigenvalue weighted by Gasteiger charge is 2.09. The first kappa shape index (κ1) is 16.0. The van der Waals surface area contributed by atoms with Crippen LogP contribution in [-0.4, -0.2) is 14.4 Å². The van der Waals surface area contributed by atoms with E-state index in [-0.39, 0.29) is 4.90 Å². The number of hydrogen-bond donors (Lipinski definition) is 3. The molecule has 0 aliphatic heterocycles. The normalized spacial score (nSPS) is 11.0. The molecule has 0 aliphatic rings. The summed E-state index contributed by atoms with van der Waals surface area (Å²) in [7, 11) is -3.80. The first-order valence-electron chi connectivity index (χ1n) is 6.53. The molecule has 2 aromatic rings. The average Bonchev–Trinajstić information content (AvgIpc) is 2.36. The van der Waals surface area contributed by atoms with Crippen LogP contribution < -0.4 is 15.8 Å². The summed E-state index contributed by atoms with van der Waals surface area (Å²) in [5, 5.41) is 10.3. The third kappa shape index (κ3) is 4.31. The molecule has 116 valence electrons. The molecule has 0 aliphatic carbocycles. The Bertz CT molecular complexity index is 796. The van der Waals surface area contributed by atoms with Crippen LogP contribution in [0.15, 0.2) is 47.4 Å². The summed E-state index contributed by atoms with van der Waals surface area (Å²) < 4.78 is 22.6. The second kappa shape index (κ2) is 6.17. The van der Waals surface area contributed by atoms with E-state index in [9.17, 15) is 13.2 Å². The monoisotopic (exact) mass is 319 g/mol. The van der Waals surface area contributed by atoms with Crippen LogP contribution in [0.4, 0.5) is 16.2 Å². The molecule has 0 unspecified atom stereocenters. The van der Waals surface area contributed by atoms with E-state index >= 15 is 0 Å². The van der Waals surface area contributed by atoms with E-state index in [0.29, 0.717) is 11.4 Å². The average molecular weight is 319 g/mol. The number of anilines is 2. The van der Waals surface area contributed by atoms with Gasteiger partial charge in [-0.25, -0.2) is 18.4 Å². The van der Waals surface area contributed by atoms with Crippen LogP contribution in [0.5, 0.6) is 0 Å². The molecule has 0 spiro atoms. The predicted molar refractivity (Wildman–Crippen MR) is 86.4 cm³/mol. The topological polar surface area (TPSA) is 101 Å². The van der Waals surface area contributed by atoms with Crippen LogP contribution >= 0.6 is 0 Å². The third-order valence-electron chi connectivity index (χ3n) is 2.90. The van der Waals surface area contributed by atoms with Gasteiger partial charge in [-0.2, -0.15) is 0 Å². The number of carbonyl (C=O) groups is 1. The fourth-order valence-corrected chi connectivity index (χ4v) is 2.65. The Morgan fingerprint density at radius 1 is 0.955 bits per heavy atom. The Labute approximate surface area is 129 Å². The molecule has 2 amide bonds. The van der Waals surface area contributed by atoms with Crippen molar-refractivity contribution in [3.8, 4) is 0 Å². The van der Waals surface area contributed by atoms with Gasteiger partial charge in [0, 0.05) is 11.4 Å². The minimum Gasteiger partial charge on any atom is -0.308 e. The summed E-state index contributed by atoms with van der Waals surface area (Å²) in [5.41, 5.74) is 3.07. The first-order chi connectivity index (χ1) is 10.2. The Morgan fingerprint density at radius 2 is 1.55 bits per heavy atom. The predicted octanol–water partition coefficient (Wildman–Crippen LogP) is 2.59. The summed E-state index contributed by atoms with van der Waals surface area (Å²) in [6.07, 6.45) is 0. The van der Waals surface area contributed by atoms with Crippen molar-refractivity contribution < 1.29 is 13.2 Å². The number of carbonyl (C=O) groups excluding carboxylic acids is 1. The van der Waals surface area contributed by atoms with Crippen molar-refractivity contribution in [1.29, 1.82) is 0 Å². The van der Waals surface area contributed by atoms with Crippen molar-refractivity contribution in [2.24, 2.45) is 5.14 Å². The van der Waals surface area contributed by atoms with Crippen LogP contribution in [0.25, 0.3) is 0 Å². The van der Waals surface area contributed by atoms with Gasteiger partial charge < -0.3 is 10.6 Å².